The number of likely N-dealkylation sites (tertiary alicyclic amines) is 1. The Hall–Kier alpha value is -1.05. The minimum absolute atomic E-state index is 0.252. The lowest BCUT2D eigenvalue weighted by Crippen LogP contribution is -2.40. The van der Waals surface area contributed by atoms with Crippen molar-refractivity contribution in [1.82, 2.24) is 25.1 Å². The monoisotopic (exact) mass is 309 g/mol. The fourth-order valence-electron chi connectivity index (χ4n) is 3.37. The van der Waals surface area contributed by atoms with E-state index in [1.807, 2.05) is 7.05 Å². The lowest BCUT2D eigenvalue weighted by atomic mass is 10.1. The van der Waals surface area contributed by atoms with E-state index in [0.29, 0.717) is 12.2 Å². The molecule has 3 rings (SSSR count). The normalized spacial score (nSPS) is 26.2. The first-order chi connectivity index (χ1) is 10.7. The zero-order valence-electron chi connectivity index (χ0n) is 13.6. The number of aryl methyl sites for hydroxylation is 1. The molecule has 0 radical (unpaired) electrons. The highest BCUT2D eigenvalue weighted by molar-refractivity contribution is 4.91. The summed E-state index contributed by atoms with van der Waals surface area (Å²) in [5.74, 6) is 0.926. The summed E-state index contributed by atoms with van der Waals surface area (Å²) >= 11 is 0. The molecule has 2 saturated heterocycles. The molecule has 0 saturated carbocycles. The second-order valence-electron chi connectivity index (χ2n) is 6.39. The third-order valence-electron chi connectivity index (χ3n) is 4.84. The van der Waals surface area contributed by atoms with Gasteiger partial charge in [-0.3, -0.25) is 4.90 Å². The van der Waals surface area contributed by atoms with E-state index in [1.165, 1.54) is 12.8 Å². The van der Waals surface area contributed by atoms with Gasteiger partial charge >= 0.3 is 0 Å². The van der Waals surface area contributed by atoms with Crippen molar-refractivity contribution in [2.75, 3.05) is 26.3 Å². The van der Waals surface area contributed by atoms with Gasteiger partial charge in [-0.1, -0.05) is 0 Å². The standard InChI is InChI=1S/C15H27N5O2/c1-12(15-16-17-18-19(15)2)20-8-6-13(7-9-20)22-11-14-5-3-4-10-21-14/h12-14H,3-11H2,1-2H3. The summed E-state index contributed by atoms with van der Waals surface area (Å²) in [6.07, 6.45) is 6.45. The summed E-state index contributed by atoms with van der Waals surface area (Å²) in [5.41, 5.74) is 0. The summed E-state index contributed by atoms with van der Waals surface area (Å²) in [5, 5.41) is 11.8. The Morgan fingerprint density at radius 2 is 2.09 bits per heavy atom. The lowest BCUT2D eigenvalue weighted by molar-refractivity contribution is -0.0770. The second-order valence-corrected chi connectivity index (χ2v) is 6.39. The molecule has 1 aromatic rings. The van der Waals surface area contributed by atoms with E-state index >= 15 is 0 Å². The first-order valence-corrected chi connectivity index (χ1v) is 8.43. The quantitative estimate of drug-likeness (QED) is 0.817. The van der Waals surface area contributed by atoms with E-state index in [0.717, 1.165) is 51.4 Å². The molecule has 0 N–H and O–H groups in total. The van der Waals surface area contributed by atoms with Gasteiger partial charge in [0.15, 0.2) is 5.82 Å². The number of piperidine rings is 1. The van der Waals surface area contributed by atoms with Crippen LogP contribution in [-0.2, 0) is 16.5 Å². The molecule has 124 valence electrons. The molecule has 2 aliphatic heterocycles. The zero-order valence-corrected chi connectivity index (χ0v) is 13.6. The number of nitrogens with zero attached hydrogens (tertiary/aromatic N) is 5. The molecular formula is C15H27N5O2. The number of rotatable bonds is 5. The van der Waals surface area contributed by atoms with Crippen LogP contribution in [0.3, 0.4) is 0 Å². The summed E-state index contributed by atoms with van der Waals surface area (Å²) in [6, 6.07) is 0.252. The highest BCUT2D eigenvalue weighted by Gasteiger charge is 2.27. The molecule has 7 nitrogen and oxygen atoms in total. The van der Waals surface area contributed by atoms with Crippen molar-refractivity contribution in [2.24, 2.45) is 7.05 Å². The van der Waals surface area contributed by atoms with Gasteiger partial charge in [-0.2, -0.15) is 0 Å². The molecule has 0 amide bonds. The molecule has 2 fully saturated rings. The van der Waals surface area contributed by atoms with Crippen molar-refractivity contribution in [3.63, 3.8) is 0 Å². The number of tetrazole rings is 1. The average Bonchev–Trinajstić information content (AvgIpc) is 3.00. The van der Waals surface area contributed by atoms with Crippen LogP contribution in [-0.4, -0.2) is 63.6 Å². The minimum atomic E-state index is 0.252. The highest BCUT2D eigenvalue weighted by Crippen LogP contribution is 2.24. The number of hydrogen-bond acceptors (Lipinski definition) is 6. The SMILES string of the molecule is CC(c1nnnn1C)N1CCC(OCC2CCCCO2)CC1. The molecule has 3 heterocycles. The van der Waals surface area contributed by atoms with E-state index < -0.39 is 0 Å². The van der Waals surface area contributed by atoms with Crippen LogP contribution in [0, 0.1) is 0 Å². The third-order valence-corrected chi connectivity index (χ3v) is 4.84. The van der Waals surface area contributed by atoms with Gasteiger partial charge in [-0.15, -0.1) is 5.10 Å². The van der Waals surface area contributed by atoms with Gasteiger partial charge in [-0.25, -0.2) is 4.68 Å². The molecular weight excluding hydrogens is 282 g/mol. The predicted molar refractivity (Wildman–Crippen MR) is 81.4 cm³/mol. The maximum atomic E-state index is 6.07. The van der Waals surface area contributed by atoms with Crippen LogP contribution < -0.4 is 0 Å². The third kappa shape index (κ3) is 3.83. The molecule has 2 atom stereocenters. The molecule has 0 aromatic carbocycles. The first kappa shape index (κ1) is 15.8. The molecule has 0 spiro atoms. The fourth-order valence-corrected chi connectivity index (χ4v) is 3.37. The Morgan fingerprint density at radius 1 is 1.27 bits per heavy atom. The van der Waals surface area contributed by atoms with E-state index in [2.05, 4.69) is 27.3 Å². The molecule has 2 unspecified atom stereocenters. The lowest BCUT2D eigenvalue weighted by Gasteiger charge is -2.35. The van der Waals surface area contributed by atoms with Crippen molar-refractivity contribution < 1.29 is 9.47 Å². The summed E-state index contributed by atoms with van der Waals surface area (Å²) < 4.78 is 13.6. The van der Waals surface area contributed by atoms with E-state index in [4.69, 9.17) is 9.47 Å². The zero-order chi connectivity index (χ0) is 15.4. The molecule has 7 heteroatoms. The fraction of sp³-hybridized carbons (Fsp3) is 0.933. The van der Waals surface area contributed by atoms with Crippen molar-refractivity contribution in [2.45, 2.75) is 57.3 Å². The van der Waals surface area contributed by atoms with E-state index in [-0.39, 0.29) is 6.04 Å². The Balaban J connectivity index is 1.41. The predicted octanol–water partition coefficient (Wildman–Crippen LogP) is 1.32. The molecule has 0 bridgehead atoms. The number of aromatic nitrogens is 4. The highest BCUT2D eigenvalue weighted by atomic mass is 16.5. The van der Waals surface area contributed by atoms with Crippen LogP contribution in [0.15, 0.2) is 0 Å². The second kappa shape index (κ2) is 7.48. The summed E-state index contributed by atoms with van der Waals surface area (Å²) in [7, 11) is 1.89. The van der Waals surface area contributed by atoms with Crippen LogP contribution in [0.2, 0.25) is 0 Å². The Morgan fingerprint density at radius 3 is 2.73 bits per heavy atom. The van der Waals surface area contributed by atoms with Crippen LogP contribution >= 0.6 is 0 Å². The maximum absolute atomic E-state index is 6.07. The van der Waals surface area contributed by atoms with Crippen molar-refractivity contribution in [3.8, 4) is 0 Å². The summed E-state index contributed by atoms with van der Waals surface area (Å²) in [6.45, 7) is 5.89. The average molecular weight is 309 g/mol. The Labute approximate surface area is 131 Å². The maximum Gasteiger partial charge on any atom is 0.167 e. The van der Waals surface area contributed by atoms with Gasteiger partial charge in [0.2, 0.25) is 0 Å². The number of hydrogen-bond donors (Lipinski definition) is 0. The summed E-state index contributed by atoms with van der Waals surface area (Å²) in [4.78, 5) is 2.43. The van der Waals surface area contributed by atoms with Crippen LogP contribution in [0.1, 0.15) is 50.9 Å². The Bertz CT molecular complexity index is 453. The van der Waals surface area contributed by atoms with E-state index in [9.17, 15) is 0 Å². The largest absolute Gasteiger partial charge is 0.376 e. The van der Waals surface area contributed by atoms with Gasteiger partial charge in [0, 0.05) is 26.7 Å². The van der Waals surface area contributed by atoms with Crippen LogP contribution in [0.4, 0.5) is 0 Å². The van der Waals surface area contributed by atoms with Crippen molar-refractivity contribution >= 4 is 0 Å². The molecule has 1 aromatic heterocycles. The van der Waals surface area contributed by atoms with Crippen LogP contribution in [0.25, 0.3) is 0 Å². The van der Waals surface area contributed by atoms with Gasteiger partial charge in [0.25, 0.3) is 0 Å². The molecule has 2 aliphatic rings. The first-order valence-electron chi connectivity index (χ1n) is 8.43. The smallest absolute Gasteiger partial charge is 0.167 e. The van der Waals surface area contributed by atoms with Gasteiger partial charge in [-0.05, 0) is 49.5 Å². The molecule has 0 aliphatic carbocycles. The van der Waals surface area contributed by atoms with E-state index in [1.54, 1.807) is 4.68 Å². The Kier molecular flexibility index (Phi) is 5.38. The van der Waals surface area contributed by atoms with Crippen LogP contribution in [0.5, 0.6) is 0 Å². The topological polar surface area (TPSA) is 65.3 Å². The van der Waals surface area contributed by atoms with Gasteiger partial charge in [0.1, 0.15) is 0 Å². The van der Waals surface area contributed by atoms with Gasteiger partial charge < -0.3 is 9.47 Å². The molecule has 22 heavy (non-hydrogen) atoms. The minimum Gasteiger partial charge on any atom is -0.376 e. The number of ether oxygens (including phenoxy) is 2. The van der Waals surface area contributed by atoms with Gasteiger partial charge in [0.05, 0.1) is 24.9 Å². The van der Waals surface area contributed by atoms with Crippen molar-refractivity contribution in [3.05, 3.63) is 5.82 Å². The van der Waals surface area contributed by atoms with Crippen molar-refractivity contribution in [1.29, 1.82) is 0 Å².